The SMILES string of the molecule is CCSCCC(C(=O)O)N(C=O)CC. The number of hydrogen-bond donors (Lipinski definition) is 1. The Morgan fingerprint density at radius 3 is 2.57 bits per heavy atom. The molecule has 14 heavy (non-hydrogen) atoms. The van der Waals surface area contributed by atoms with Crippen LogP contribution in [-0.2, 0) is 9.59 Å². The zero-order valence-corrected chi connectivity index (χ0v) is 9.42. The second-order valence-corrected chi connectivity index (χ2v) is 4.17. The molecular weight excluding hydrogens is 202 g/mol. The summed E-state index contributed by atoms with van der Waals surface area (Å²) < 4.78 is 0. The van der Waals surface area contributed by atoms with Gasteiger partial charge in [-0.1, -0.05) is 6.92 Å². The molecule has 0 aliphatic carbocycles. The Morgan fingerprint density at radius 2 is 2.21 bits per heavy atom. The number of aliphatic carboxylic acids is 1. The van der Waals surface area contributed by atoms with Crippen LogP contribution < -0.4 is 0 Å². The van der Waals surface area contributed by atoms with Crippen molar-refractivity contribution < 1.29 is 14.7 Å². The van der Waals surface area contributed by atoms with Gasteiger partial charge in [-0.2, -0.15) is 11.8 Å². The lowest BCUT2D eigenvalue weighted by Crippen LogP contribution is -2.40. The van der Waals surface area contributed by atoms with E-state index < -0.39 is 12.0 Å². The molecular formula is C9H17NO3S. The molecule has 0 aliphatic heterocycles. The van der Waals surface area contributed by atoms with Crippen LogP contribution in [0.3, 0.4) is 0 Å². The van der Waals surface area contributed by atoms with Gasteiger partial charge in [0.05, 0.1) is 0 Å². The standard InChI is InChI=1S/C9H17NO3S/c1-3-10(7-11)8(9(12)13)5-6-14-4-2/h7-8H,3-6H2,1-2H3,(H,12,13). The fraction of sp³-hybridized carbons (Fsp3) is 0.778. The van der Waals surface area contributed by atoms with Gasteiger partial charge < -0.3 is 10.0 Å². The van der Waals surface area contributed by atoms with Crippen molar-refractivity contribution >= 4 is 24.1 Å². The van der Waals surface area contributed by atoms with Crippen molar-refractivity contribution in [2.75, 3.05) is 18.1 Å². The minimum absolute atomic E-state index is 0.442. The first-order valence-electron chi connectivity index (χ1n) is 4.68. The van der Waals surface area contributed by atoms with Crippen LogP contribution in [0.25, 0.3) is 0 Å². The molecule has 1 amide bonds. The second kappa shape index (κ2) is 7.67. The van der Waals surface area contributed by atoms with Gasteiger partial charge in [0, 0.05) is 6.54 Å². The van der Waals surface area contributed by atoms with Crippen LogP contribution in [0.15, 0.2) is 0 Å². The van der Waals surface area contributed by atoms with E-state index in [1.165, 1.54) is 4.90 Å². The number of carboxylic acids is 1. The molecule has 0 radical (unpaired) electrons. The van der Waals surface area contributed by atoms with Gasteiger partial charge in [0.1, 0.15) is 6.04 Å². The van der Waals surface area contributed by atoms with E-state index in [1.54, 1.807) is 18.7 Å². The molecule has 0 fully saturated rings. The minimum Gasteiger partial charge on any atom is -0.480 e. The minimum atomic E-state index is -0.921. The van der Waals surface area contributed by atoms with Crippen LogP contribution in [0, 0.1) is 0 Å². The lowest BCUT2D eigenvalue weighted by molar-refractivity contribution is -0.146. The third kappa shape index (κ3) is 4.50. The molecule has 1 atom stereocenters. The van der Waals surface area contributed by atoms with Crippen LogP contribution in [0.1, 0.15) is 20.3 Å². The molecule has 0 aromatic carbocycles. The summed E-state index contributed by atoms with van der Waals surface area (Å²) in [5.74, 6) is 0.827. The number of thioether (sulfide) groups is 1. The highest BCUT2D eigenvalue weighted by atomic mass is 32.2. The summed E-state index contributed by atoms with van der Waals surface area (Å²) in [6, 6.07) is -0.670. The largest absolute Gasteiger partial charge is 0.480 e. The van der Waals surface area contributed by atoms with Gasteiger partial charge in [0.25, 0.3) is 0 Å². The second-order valence-electron chi connectivity index (χ2n) is 2.78. The van der Waals surface area contributed by atoms with E-state index in [4.69, 9.17) is 5.11 Å². The normalized spacial score (nSPS) is 12.1. The quantitative estimate of drug-likeness (QED) is 0.490. The molecule has 4 nitrogen and oxygen atoms in total. The molecule has 0 aliphatic rings. The van der Waals surface area contributed by atoms with Crippen LogP contribution in [-0.4, -0.2) is 46.5 Å². The van der Waals surface area contributed by atoms with Crippen molar-refractivity contribution in [2.45, 2.75) is 26.3 Å². The summed E-state index contributed by atoms with van der Waals surface area (Å²) >= 11 is 1.69. The van der Waals surface area contributed by atoms with Crippen molar-refractivity contribution in [1.82, 2.24) is 4.90 Å². The molecule has 0 heterocycles. The molecule has 0 bridgehead atoms. The van der Waals surface area contributed by atoms with Crippen molar-refractivity contribution in [1.29, 1.82) is 0 Å². The molecule has 0 spiro atoms. The van der Waals surface area contributed by atoms with Crippen molar-refractivity contribution in [3.8, 4) is 0 Å². The number of carbonyl (C=O) groups excluding carboxylic acids is 1. The van der Waals surface area contributed by atoms with E-state index in [0.29, 0.717) is 19.4 Å². The number of carboxylic acid groups (broad SMARTS) is 1. The van der Waals surface area contributed by atoms with E-state index in [2.05, 4.69) is 0 Å². The first kappa shape index (κ1) is 13.3. The van der Waals surface area contributed by atoms with Gasteiger partial charge in [-0.25, -0.2) is 4.79 Å². The summed E-state index contributed by atoms with van der Waals surface area (Å²) in [4.78, 5) is 22.7. The summed E-state index contributed by atoms with van der Waals surface area (Å²) in [5, 5.41) is 8.90. The molecule has 0 saturated heterocycles. The lowest BCUT2D eigenvalue weighted by atomic mass is 10.2. The Hall–Kier alpha value is -0.710. The van der Waals surface area contributed by atoms with Gasteiger partial charge >= 0.3 is 5.97 Å². The van der Waals surface area contributed by atoms with Gasteiger partial charge in [-0.15, -0.1) is 0 Å². The number of rotatable bonds is 8. The summed E-state index contributed by atoms with van der Waals surface area (Å²) in [6.07, 6.45) is 1.12. The van der Waals surface area contributed by atoms with E-state index in [0.717, 1.165) is 11.5 Å². The van der Waals surface area contributed by atoms with Gasteiger partial charge in [0.15, 0.2) is 0 Å². The zero-order chi connectivity index (χ0) is 11.0. The van der Waals surface area contributed by atoms with Crippen molar-refractivity contribution in [3.63, 3.8) is 0 Å². The fourth-order valence-corrected chi connectivity index (χ4v) is 1.82. The molecule has 0 rings (SSSR count). The Labute approximate surface area is 88.7 Å². The van der Waals surface area contributed by atoms with Gasteiger partial charge in [-0.05, 0) is 24.9 Å². The average Bonchev–Trinajstić information content (AvgIpc) is 2.17. The van der Waals surface area contributed by atoms with E-state index in [1.807, 2.05) is 6.92 Å². The average molecular weight is 219 g/mol. The highest BCUT2D eigenvalue weighted by molar-refractivity contribution is 7.99. The van der Waals surface area contributed by atoms with Crippen LogP contribution in [0.5, 0.6) is 0 Å². The summed E-state index contributed by atoms with van der Waals surface area (Å²) in [5.41, 5.74) is 0. The Bertz CT molecular complexity index is 187. The fourth-order valence-electron chi connectivity index (χ4n) is 1.14. The maximum atomic E-state index is 10.8. The van der Waals surface area contributed by atoms with E-state index in [9.17, 15) is 9.59 Å². The molecule has 0 aromatic heterocycles. The van der Waals surface area contributed by atoms with Gasteiger partial charge in [-0.3, -0.25) is 4.79 Å². The topological polar surface area (TPSA) is 57.6 Å². The number of amides is 1. The molecule has 82 valence electrons. The lowest BCUT2D eigenvalue weighted by Gasteiger charge is -2.23. The number of likely N-dealkylation sites (N-methyl/N-ethyl adjacent to an activating group) is 1. The highest BCUT2D eigenvalue weighted by Gasteiger charge is 2.22. The zero-order valence-electron chi connectivity index (χ0n) is 8.60. The first-order chi connectivity index (χ1) is 6.67. The van der Waals surface area contributed by atoms with Crippen molar-refractivity contribution in [2.24, 2.45) is 0 Å². The molecule has 1 N–H and O–H groups in total. The Kier molecular flexibility index (Phi) is 7.28. The van der Waals surface area contributed by atoms with E-state index >= 15 is 0 Å². The third-order valence-electron chi connectivity index (χ3n) is 1.93. The Balaban J connectivity index is 4.13. The number of hydrogen-bond acceptors (Lipinski definition) is 3. The molecule has 0 aromatic rings. The first-order valence-corrected chi connectivity index (χ1v) is 5.84. The number of nitrogens with zero attached hydrogens (tertiary/aromatic N) is 1. The number of carbonyl (C=O) groups is 2. The maximum Gasteiger partial charge on any atom is 0.326 e. The smallest absolute Gasteiger partial charge is 0.326 e. The Morgan fingerprint density at radius 1 is 1.57 bits per heavy atom. The van der Waals surface area contributed by atoms with Crippen LogP contribution in [0.2, 0.25) is 0 Å². The maximum absolute atomic E-state index is 10.8. The van der Waals surface area contributed by atoms with Crippen LogP contribution >= 0.6 is 11.8 Å². The summed E-state index contributed by atoms with van der Waals surface area (Å²) in [7, 11) is 0. The molecule has 1 unspecified atom stereocenters. The monoisotopic (exact) mass is 219 g/mol. The summed E-state index contributed by atoms with van der Waals surface area (Å²) in [6.45, 7) is 4.24. The highest BCUT2D eigenvalue weighted by Crippen LogP contribution is 2.08. The molecule has 5 heteroatoms. The predicted molar refractivity (Wildman–Crippen MR) is 57.5 cm³/mol. The van der Waals surface area contributed by atoms with Crippen molar-refractivity contribution in [3.05, 3.63) is 0 Å². The predicted octanol–water partition coefficient (Wildman–Crippen LogP) is 1.06. The molecule has 0 saturated carbocycles. The third-order valence-corrected chi connectivity index (χ3v) is 2.86. The van der Waals surface area contributed by atoms with Gasteiger partial charge in [0.2, 0.25) is 6.41 Å². The van der Waals surface area contributed by atoms with E-state index in [-0.39, 0.29) is 0 Å². The van der Waals surface area contributed by atoms with Crippen LogP contribution in [0.4, 0.5) is 0 Å².